The zero-order valence-electron chi connectivity index (χ0n) is 59.3. The topological polar surface area (TPSA) is 105 Å². The van der Waals surface area contributed by atoms with Gasteiger partial charge in [0.15, 0.2) is 0 Å². The Kier molecular flexibility index (Phi) is 68.1. The molecular weight excluding hydrogens is 1090 g/mol. The van der Waals surface area contributed by atoms with Crippen molar-refractivity contribution in [3.63, 3.8) is 0 Å². The van der Waals surface area contributed by atoms with E-state index in [2.05, 4.69) is 43.5 Å². The molecule has 0 aromatic rings. The Morgan fingerprint density at radius 2 is 0.632 bits per heavy atom. The maximum absolute atomic E-state index is 13.1. The lowest BCUT2D eigenvalue weighted by Gasteiger charge is -2.25. The monoisotopic (exact) mass is 1250 g/mol. The fourth-order valence-corrected chi connectivity index (χ4v) is 12.8. The van der Waals surface area contributed by atoms with Crippen LogP contribution in [0, 0.1) is 0 Å². The van der Waals surface area contributed by atoms with Crippen LogP contribution in [0.25, 0.3) is 0 Å². The maximum Gasteiger partial charge on any atom is 0.472 e. The molecule has 0 aromatic carbocycles. The first-order valence-electron chi connectivity index (χ1n) is 38.9. The minimum absolute atomic E-state index is 0.0584. The summed E-state index contributed by atoms with van der Waals surface area (Å²) in [4.78, 5) is 23.5. The van der Waals surface area contributed by atoms with E-state index in [1.165, 1.54) is 347 Å². The average molecular weight is 1250 g/mol. The van der Waals surface area contributed by atoms with Crippen molar-refractivity contribution in [2.75, 3.05) is 40.9 Å². The minimum Gasteiger partial charge on any atom is -0.387 e. The number of aliphatic hydroxyl groups excluding tert-OH is 1. The van der Waals surface area contributed by atoms with Crippen LogP contribution in [0.4, 0.5) is 0 Å². The Morgan fingerprint density at radius 3 is 0.920 bits per heavy atom. The standard InChI is InChI=1S/C78H153N2O6P/c1-6-8-10-12-14-16-18-20-22-24-26-28-30-32-34-36-38-39-40-41-42-44-46-48-50-52-54-56-58-60-62-64-66-68-70-72-78(82)79-76(75-86-87(83,84)85-74-73-80(3,4)5)77(81)71-69-67-65-63-61-59-57-55-53-51-49-47-45-43-37-35-33-31-29-27-25-23-21-19-17-15-13-11-9-7-2/h24,26,61,63,69,71,76-77,81H,6-23,25,27-60,62,64-68,70,72-75H2,1-5H3,(H-,79,82,83,84)/p+1/b26-24-,63-61+,71-69+. The molecule has 0 spiro atoms. The predicted octanol–water partition coefficient (Wildman–Crippen LogP) is 25.2. The van der Waals surface area contributed by atoms with Crippen molar-refractivity contribution >= 4 is 13.7 Å². The Hall–Kier alpha value is -1.28. The molecule has 0 saturated heterocycles. The summed E-state index contributed by atoms with van der Waals surface area (Å²) in [6.07, 6.45) is 93.4. The smallest absolute Gasteiger partial charge is 0.387 e. The van der Waals surface area contributed by atoms with Crippen LogP contribution in [0.15, 0.2) is 36.5 Å². The number of phosphoric ester groups is 1. The number of aliphatic hydroxyl groups is 1. The van der Waals surface area contributed by atoms with Crippen LogP contribution in [0.1, 0.15) is 406 Å². The van der Waals surface area contributed by atoms with Gasteiger partial charge in [0.05, 0.1) is 39.9 Å². The second kappa shape index (κ2) is 69.1. The number of unbranched alkanes of at least 4 members (excludes halogenated alkanes) is 56. The van der Waals surface area contributed by atoms with Gasteiger partial charge in [0.25, 0.3) is 0 Å². The third kappa shape index (κ3) is 72.0. The Labute approximate surface area is 544 Å². The lowest BCUT2D eigenvalue weighted by molar-refractivity contribution is -0.870. The van der Waals surface area contributed by atoms with E-state index in [1.54, 1.807) is 6.08 Å². The van der Waals surface area contributed by atoms with Crippen LogP contribution in [-0.2, 0) is 18.4 Å². The van der Waals surface area contributed by atoms with Gasteiger partial charge in [-0.25, -0.2) is 4.57 Å². The number of nitrogens with zero attached hydrogens (tertiary/aromatic N) is 1. The Balaban J connectivity index is 3.99. The molecule has 3 N–H and O–H groups in total. The third-order valence-corrected chi connectivity index (χ3v) is 19.1. The zero-order chi connectivity index (χ0) is 63.4. The number of likely N-dealkylation sites (N-methyl/N-ethyl adjacent to an activating group) is 1. The second-order valence-corrected chi connectivity index (χ2v) is 29.5. The van der Waals surface area contributed by atoms with Crippen molar-refractivity contribution in [1.82, 2.24) is 5.32 Å². The van der Waals surface area contributed by atoms with Crippen molar-refractivity contribution in [3.05, 3.63) is 36.5 Å². The van der Waals surface area contributed by atoms with Crippen molar-refractivity contribution in [1.29, 1.82) is 0 Å². The van der Waals surface area contributed by atoms with E-state index in [0.717, 1.165) is 38.5 Å². The number of quaternary nitrogens is 1. The van der Waals surface area contributed by atoms with Gasteiger partial charge in [-0.15, -0.1) is 0 Å². The SMILES string of the molecule is CCCCCCCCCC/C=C\CCCCCCCCCCCCCCCCCCCCCCCCCC(=O)NC(COP(=O)(O)OCC[N+](C)(C)C)C(O)/C=C/CC/C=C/CCCCCCCCCCCCCCCCCCCCCCCCCC. The van der Waals surface area contributed by atoms with Crippen LogP contribution >= 0.6 is 7.82 Å². The van der Waals surface area contributed by atoms with Gasteiger partial charge in [-0.1, -0.05) is 378 Å². The molecule has 0 aromatic heterocycles. The Bertz CT molecular complexity index is 1510. The summed E-state index contributed by atoms with van der Waals surface area (Å²) in [5, 5.41) is 14.0. The lowest BCUT2D eigenvalue weighted by Crippen LogP contribution is -2.45. The number of rotatable bonds is 73. The van der Waals surface area contributed by atoms with E-state index in [0.29, 0.717) is 17.4 Å². The highest BCUT2D eigenvalue weighted by Crippen LogP contribution is 2.43. The molecule has 0 aliphatic heterocycles. The molecule has 87 heavy (non-hydrogen) atoms. The molecule has 0 bridgehead atoms. The highest BCUT2D eigenvalue weighted by atomic mass is 31.2. The van der Waals surface area contributed by atoms with E-state index >= 15 is 0 Å². The van der Waals surface area contributed by atoms with Crippen LogP contribution in [0.5, 0.6) is 0 Å². The predicted molar refractivity (Wildman–Crippen MR) is 383 cm³/mol. The molecule has 0 rings (SSSR count). The van der Waals surface area contributed by atoms with Crippen LogP contribution < -0.4 is 5.32 Å². The summed E-state index contributed by atoms with van der Waals surface area (Å²) in [5.41, 5.74) is 0. The van der Waals surface area contributed by atoms with Gasteiger partial charge in [0, 0.05) is 6.42 Å². The molecule has 0 fully saturated rings. The molecule has 3 unspecified atom stereocenters. The van der Waals surface area contributed by atoms with Gasteiger partial charge in [-0.05, 0) is 57.8 Å². The number of nitrogens with one attached hydrogen (secondary N) is 1. The molecule has 0 heterocycles. The number of allylic oxidation sites excluding steroid dienone is 5. The van der Waals surface area contributed by atoms with Gasteiger partial charge in [-0.3, -0.25) is 13.8 Å². The summed E-state index contributed by atoms with van der Waals surface area (Å²) in [5.74, 6) is -0.178. The summed E-state index contributed by atoms with van der Waals surface area (Å²) < 4.78 is 23.9. The first-order valence-corrected chi connectivity index (χ1v) is 40.4. The van der Waals surface area contributed by atoms with Gasteiger partial charge in [-0.2, -0.15) is 0 Å². The fourth-order valence-electron chi connectivity index (χ4n) is 12.1. The zero-order valence-corrected chi connectivity index (χ0v) is 60.2. The lowest BCUT2D eigenvalue weighted by atomic mass is 10.0. The molecule has 0 saturated carbocycles. The number of hydrogen-bond donors (Lipinski definition) is 3. The molecular formula is C78H154N2O6P+. The molecule has 516 valence electrons. The highest BCUT2D eigenvalue weighted by Gasteiger charge is 2.28. The largest absolute Gasteiger partial charge is 0.472 e. The number of carbonyl (C=O) groups is 1. The van der Waals surface area contributed by atoms with Crippen LogP contribution in [0.3, 0.4) is 0 Å². The average Bonchev–Trinajstić information content (AvgIpc) is 3.70. The normalized spacial score (nSPS) is 13.7. The van der Waals surface area contributed by atoms with E-state index in [4.69, 9.17) is 9.05 Å². The quantitative estimate of drug-likeness (QED) is 0.0243. The molecule has 0 aliphatic carbocycles. The van der Waals surface area contributed by atoms with Crippen LogP contribution in [-0.4, -0.2) is 73.4 Å². The summed E-state index contributed by atoms with van der Waals surface area (Å²) in [6.45, 7) is 4.86. The summed E-state index contributed by atoms with van der Waals surface area (Å²) >= 11 is 0. The van der Waals surface area contributed by atoms with Gasteiger partial charge in [0.2, 0.25) is 5.91 Å². The second-order valence-electron chi connectivity index (χ2n) is 28.1. The molecule has 8 nitrogen and oxygen atoms in total. The van der Waals surface area contributed by atoms with Gasteiger partial charge < -0.3 is 19.8 Å². The Morgan fingerprint density at radius 1 is 0.379 bits per heavy atom. The molecule has 1 amide bonds. The molecule has 0 aliphatic rings. The number of phosphoric acid groups is 1. The first-order chi connectivity index (χ1) is 42.5. The first kappa shape index (κ1) is 85.7. The van der Waals surface area contributed by atoms with E-state index < -0.39 is 20.0 Å². The van der Waals surface area contributed by atoms with Crippen molar-refractivity contribution < 1.29 is 32.9 Å². The third-order valence-electron chi connectivity index (χ3n) is 18.1. The number of amides is 1. The van der Waals surface area contributed by atoms with E-state index in [9.17, 15) is 19.4 Å². The number of hydrogen-bond acceptors (Lipinski definition) is 5. The summed E-state index contributed by atoms with van der Waals surface area (Å²) in [6, 6.07) is -0.864. The molecule has 3 atom stereocenters. The minimum atomic E-state index is -4.36. The van der Waals surface area contributed by atoms with Gasteiger partial charge >= 0.3 is 7.82 Å². The van der Waals surface area contributed by atoms with Crippen LogP contribution in [0.2, 0.25) is 0 Å². The van der Waals surface area contributed by atoms with E-state index in [1.807, 2.05) is 27.2 Å². The summed E-state index contributed by atoms with van der Waals surface area (Å²) in [7, 11) is 1.57. The highest BCUT2D eigenvalue weighted by molar-refractivity contribution is 7.47. The number of carbonyl (C=O) groups excluding carboxylic acids is 1. The van der Waals surface area contributed by atoms with Crippen molar-refractivity contribution in [3.8, 4) is 0 Å². The van der Waals surface area contributed by atoms with Crippen molar-refractivity contribution in [2.45, 2.75) is 418 Å². The van der Waals surface area contributed by atoms with Crippen molar-refractivity contribution in [2.24, 2.45) is 0 Å². The fraction of sp³-hybridized carbons (Fsp3) is 0.910. The van der Waals surface area contributed by atoms with E-state index in [-0.39, 0.29) is 19.1 Å². The molecule has 9 heteroatoms. The maximum atomic E-state index is 13.1. The van der Waals surface area contributed by atoms with Gasteiger partial charge in [0.1, 0.15) is 13.2 Å². The molecule has 0 radical (unpaired) electrons.